The fourth-order valence-corrected chi connectivity index (χ4v) is 3.57. The van der Waals surface area contributed by atoms with E-state index in [0.29, 0.717) is 17.1 Å². The lowest BCUT2D eigenvalue weighted by Crippen LogP contribution is -2.19. The van der Waals surface area contributed by atoms with E-state index in [4.69, 9.17) is 5.73 Å². The molecule has 0 atom stereocenters. The van der Waals surface area contributed by atoms with Crippen molar-refractivity contribution in [2.24, 2.45) is 0 Å². The molecule has 0 aliphatic rings. The Morgan fingerprint density at radius 2 is 1.73 bits per heavy atom. The van der Waals surface area contributed by atoms with Gasteiger partial charge in [0.05, 0.1) is 28.3 Å². The minimum absolute atomic E-state index is 0.242. The topological polar surface area (TPSA) is 117 Å². The summed E-state index contributed by atoms with van der Waals surface area (Å²) in [7, 11) is 1.59. The van der Waals surface area contributed by atoms with Crippen LogP contribution in [0.5, 0.6) is 0 Å². The summed E-state index contributed by atoms with van der Waals surface area (Å²) in [5, 5.41) is 16.3. The summed E-state index contributed by atoms with van der Waals surface area (Å²) in [5.41, 5.74) is 10.5. The van der Waals surface area contributed by atoms with Crippen LogP contribution in [0.2, 0.25) is 0 Å². The SMILES string of the molecule is CNC(=O)c1cnc2ccc(-c3ccc(N)nc3)cc2c1Nc1ccc(C(C)(C)C#N)cc1. The monoisotopic (exact) mass is 436 g/mol. The molecule has 4 aromatic rings. The van der Waals surface area contributed by atoms with Crippen LogP contribution in [-0.4, -0.2) is 22.9 Å². The molecule has 0 aliphatic heterocycles. The number of aromatic nitrogens is 2. The van der Waals surface area contributed by atoms with Gasteiger partial charge in [-0.15, -0.1) is 0 Å². The van der Waals surface area contributed by atoms with Gasteiger partial charge in [-0.25, -0.2) is 4.98 Å². The van der Waals surface area contributed by atoms with Crippen LogP contribution in [0.3, 0.4) is 0 Å². The van der Waals surface area contributed by atoms with E-state index in [1.807, 2.05) is 62.4 Å². The minimum Gasteiger partial charge on any atom is -0.384 e. The van der Waals surface area contributed by atoms with Crippen molar-refractivity contribution in [3.8, 4) is 17.2 Å². The third kappa shape index (κ3) is 4.32. The van der Waals surface area contributed by atoms with Gasteiger partial charge in [-0.05, 0) is 61.4 Å². The summed E-state index contributed by atoms with van der Waals surface area (Å²) in [5.74, 6) is 0.210. The molecule has 0 radical (unpaired) electrons. The minimum atomic E-state index is -0.586. The summed E-state index contributed by atoms with van der Waals surface area (Å²) in [6.07, 6.45) is 3.29. The average molecular weight is 437 g/mol. The van der Waals surface area contributed by atoms with Gasteiger partial charge in [-0.3, -0.25) is 9.78 Å². The quantitative estimate of drug-likeness (QED) is 0.414. The summed E-state index contributed by atoms with van der Waals surface area (Å²) < 4.78 is 0. The van der Waals surface area contributed by atoms with Crippen molar-refractivity contribution in [2.75, 3.05) is 18.1 Å². The Bertz CT molecular complexity index is 1370. The molecule has 7 heteroatoms. The molecule has 0 bridgehead atoms. The highest BCUT2D eigenvalue weighted by Gasteiger charge is 2.20. The zero-order valence-corrected chi connectivity index (χ0v) is 18.7. The van der Waals surface area contributed by atoms with E-state index in [2.05, 4.69) is 26.7 Å². The number of carbonyl (C=O) groups is 1. The lowest BCUT2D eigenvalue weighted by molar-refractivity contribution is 0.0963. The molecule has 0 saturated heterocycles. The first kappa shape index (κ1) is 21.8. The number of anilines is 3. The Hall–Kier alpha value is -4.44. The Kier molecular flexibility index (Phi) is 5.67. The van der Waals surface area contributed by atoms with Crippen LogP contribution < -0.4 is 16.4 Å². The van der Waals surface area contributed by atoms with Crippen LogP contribution in [0.1, 0.15) is 29.8 Å². The molecule has 0 unspecified atom stereocenters. The molecule has 7 nitrogen and oxygen atoms in total. The number of nitrogens with zero attached hydrogens (tertiary/aromatic N) is 3. The zero-order valence-electron chi connectivity index (χ0n) is 18.7. The van der Waals surface area contributed by atoms with Crippen LogP contribution in [0, 0.1) is 11.3 Å². The highest BCUT2D eigenvalue weighted by molar-refractivity contribution is 6.08. The predicted molar refractivity (Wildman–Crippen MR) is 131 cm³/mol. The molecule has 164 valence electrons. The van der Waals surface area contributed by atoms with Crippen LogP contribution >= 0.6 is 0 Å². The van der Waals surface area contributed by atoms with E-state index < -0.39 is 5.41 Å². The van der Waals surface area contributed by atoms with Crippen LogP contribution in [0.25, 0.3) is 22.0 Å². The van der Waals surface area contributed by atoms with Gasteiger partial charge < -0.3 is 16.4 Å². The Balaban J connectivity index is 1.83. The summed E-state index contributed by atoms with van der Waals surface area (Å²) >= 11 is 0. The van der Waals surface area contributed by atoms with Crippen molar-refractivity contribution >= 4 is 34.0 Å². The number of nitrogens with two attached hydrogens (primary N) is 1. The number of hydrogen-bond acceptors (Lipinski definition) is 6. The molecule has 0 aliphatic carbocycles. The van der Waals surface area contributed by atoms with Gasteiger partial charge >= 0.3 is 0 Å². The normalized spacial score (nSPS) is 11.1. The van der Waals surface area contributed by atoms with Gasteiger partial charge in [-0.1, -0.05) is 18.2 Å². The second kappa shape index (κ2) is 8.60. The molecule has 2 aromatic heterocycles. The van der Waals surface area contributed by atoms with Crippen molar-refractivity contribution in [2.45, 2.75) is 19.3 Å². The second-order valence-electron chi connectivity index (χ2n) is 8.27. The number of rotatable bonds is 5. The van der Waals surface area contributed by atoms with Crippen LogP contribution in [-0.2, 0) is 5.41 Å². The highest BCUT2D eigenvalue weighted by Crippen LogP contribution is 2.33. The molecule has 33 heavy (non-hydrogen) atoms. The summed E-state index contributed by atoms with van der Waals surface area (Å²) in [6.45, 7) is 3.76. The van der Waals surface area contributed by atoms with Crippen LogP contribution in [0.4, 0.5) is 17.2 Å². The predicted octanol–water partition coefficient (Wildman–Crippen LogP) is 4.78. The molecule has 2 aromatic carbocycles. The Morgan fingerprint density at radius 1 is 1.00 bits per heavy atom. The number of benzene rings is 2. The second-order valence-corrected chi connectivity index (χ2v) is 8.27. The van der Waals surface area contributed by atoms with Gasteiger partial charge in [0, 0.05) is 36.1 Å². The van der Waals surface area contributed by atoms with Crippen molar-refractivity contribution in [3.63, 3.8) is 0 Å². The van der Waals surface area contributed by atoms with E-state index in [1.165, 1.54) is 0 Å². The van der Waals surface area contributed by atoms with Crippen molar-refractivity contribution in [1.82, 2.24) is 15.3 Å². The van der Waals surface area contributed by atoms with E-state index in [9.17, 15) is 10.1 Å². The molecule has 1 amide bonds. The van der Waals surface area contributed by atoms with Gasteiger partial charge in [0.15, 0.2) is 0 Å². The zero-order chi connectivity index (χ0) is 23.6. The van der Waals surface area contributed by atoms with Crippen molar-refractivity contribution in [1.29, 1.82) is 5.26 Å². The number of nitriles is 1. The van der Waals surface area contributed by atoms with Gasteiger partial charge in [0.1, 0.15) is 5.82 Å². The number of nitrogens with one attached hydrogen (secondary N) is 2. The van der Waals surface area contributed by atoms with Gasteiger partial charge in [0.25, 0.3) is 5.91 Å². The lowest BCUT2D eigenvalue weighted by Gasteiger charge is -2.18. The van der Waals surface area contributed by atoms with Crippen molar-refractivity contribution < 1.29 is 4.79 Å². The third-order valence-corrected chi connectivity index (χ3v) is 5.61. The van der Waals surface area contributed by atoms with E-state index >= 15 is 0 Å². The number of nitrogen functional groups attached to an aromatic ring is 1. The van der Waals surface area contributed by atoms with E-state index in [-0.39, 0.29) is 5.91 Å². The molecule has 4 N–H and O–H groups in total. The smallest absolute Gasteiger partial charge is 0.254 e. The highest BCUT2D eigenvalue weighted by atomic mass is 16.1. The maximum atomic E-state index is 12.6. The number of amides is 1. The first-order valence-corrected chi connectivity index (χ1v) is 10.5. The Morgan fingerprint density at radius 3 is 2.36 bits per heavy atom. The number of hydrogen-bond donors (Lipinski definition) is 3. The van der Waals surface area contributed by atoms with E-state index in [1.54, 1.807) is 25.5 Å². The van der Waals surface area contributed by atoms with Gasteiger partial charge in [-0.2, -0.15) is 5.26 Å². The first-order valence-electron chi connectivity index (χ1n) is 10.5. The van der Waals surface area contributed by atoms with E-state index in [0.717, 1.165) is 33.3 Å². The Labute approximate surface area is 192 Å². The average Bonchev–Trinajstić information content (AvgIpc) is 2.84. The first-order chi connectivity index (χ1) is 15.8. The molecule has 0 fully saturated rings. The van der Waals surface area contributed by atoms with Gasteiger partial charge in [0.2, 0.25) is 0 Å². The number of carbonyl (C=O) groups excluding carboxylic acids is 1. The fraction of sp³-hybridized carbons (Fsp3) is 0.154. The molecule has 4 rings (SSSR count). The maximum Gasteiger partial charge on any atom is 0.254 e. The number of fused-ring (bicyclic) bond motifs is 1. The molecule has 0 spiro atoms. The molecular weight excluding hydrogens is 412 g/mol. The standard InChI is InChI=1S/C26H24N6O/c1-26(2,15-27)18-6-8-19(9-7-18)32-24-20-12-16(17-5-11-23(28)31-13-17)4-10-22(20)30-14-21(24)25(33)29-3/h4-14H,1-3H3,(H2,28,31)(H,29,33)(H,30,32). The number of pyridine rings is 2. The maximum absolute atomic E-state index is 12.6. The fourth-order valence-electron chi connectivity index (χ4n) is 3.57. The lowest BCUT2D eigenvalue weighted by atomic mass is 9.86. The largest absolute Gasteiger partial charge is 0.384 e. The van der Waals surface area contributed by atoms with Crippen molar-refractivity contribution in [3.05, 3.63) is 78.1 Å². The molecular formula is C26H24N6O. The summed E-state index contributed by atoms with van der Waals surface area (Å²) in [6, 6.07) is 19.5. The summed E-state index contributed by atoms with van der Waals surface area (Å²) in [4.78, 5) is 21.3. The molecule has 2 heterocycles. The molecule has 0 saturated carbocycles. The van der Waals surface area contributed by atoms with Crippen LogP contribution in [0.15, 0.2) is 67.0 Å². The third-order valence-electron chi connectivity index (χ3n) is 5.61.